The van der Waals surface area contributed by atoms with Gasteiger partial charge in [-0.1, -0.05) is 79.6 Å². The number of benzene rings is 1. The molecule has 1 fully saturated rings. The molecule has 170 valence electrons. The van der Waals surface area contributed by atoms with Crippen LogP contribution >= 0.6 is 24.0 Å². The molecule has 1 aromatic carbocycles. The van der Waals surface area contributed by atoms with Crippen molar-refractivity contribution in [1.29, 1.82) is 0 Å². The van der Waals surface area contributed by atoms with Crippen molar-refractivity contribution in [2.45, 2.75) is 39.7 Å². The molecule has 1 saturated heterocycles. The Morgan fingerprint density at radius 3 is 2.67 bits per heavy atom. The molecule has 1 amide bonds. The van der Waals surface area contributed by atoms with Gasteiger partial charge in [-0.3, -0.25) is 18.9 Å². The average molecular weight is 479 g/mol. The van der Waals surface area contributed by atoms with Crippen LogP contribution < -0.4 is 10.9 Å². The number of hydrogen-bond donors (Lipinski definition) is 1. The average Bonchev–Trinajstić information content (AvgIpc) is 3.08. The number of pyridine rings is 1. The van der Waals surface area contributed by atoms with E-state index in [9.17, 15) is 9.59 Å². The molecule has 1 aliphatic rings. The van der Waals surface area contributed by atoms with Gasteiger partial charge in [0.05, 0.1) is 10.5 Å². The molecule has 0 aliphatic carbocycles. The Hall–Kier alpha value is -2.97. The van der Waals surface area contributed by atoms with E-state index in [1.807, 2.05) is 37.3 Å². The minimum atomic E-state index is -0.233. The first-order chi connectivity index (χ1) is 16.0. The highest BCUT2D eigenvalue weighted by Gasteiger charge is 2.32. The van der Waals surface area contributed by atoms with Crippen LogP contribution in [0, 0.1) is 6.92 Å². The molecule has 0 atom stereocenters. The normalized spacial score (nSPS) is 15.1. The monoisotopic (exact) mass is 478 g/mol. The summed E-state index contributed by atoms with van der Waals surface area (Å²) in [5.74, 6) is 0.297. The molecule has 6 nitrogen and oxygen atoms in total. The van der Waals surface area contributed by atoms with Gasteiger partial charge in [0.1, 0.15) is 15.8 Å². The van der Waals surface area contributed by atoms with Crippen LogP contribution in [-0.2, 0) is 11.3 Å². The molecular weight excluding hydrogens is 452 g/mol. The van der Waals surface area contributed by atoms with Gasteiger partial charge < -0.3 is 5.32 Å². The molecule has 4 rings (SSSR count). The summed E-state index contributed by atoms with van der Waals surface area (Å²) in [7, 11) is 0. The Bertz CT molecular complexity index is 1280. The fourth-order valence-corrected chi connectivity index (χ4v) is 4.89. The van der Waals surface area contributed by atoms with Gasteiger partial charge in [-0.2, -0.15) is 0 Å². The number of rotatable bonds is 8. The number of fused-ring (bicyclic) bond motifs is 1. The SMILES string of the molecule is CCCCCN1C(=O)C(=Cc2c(NCc3ccc(C)cc3)nc3ccccn3c2=O)SC1=S. The molecule has 3 heterocycles. The Labute approximate surface area is 202 Å². The standard InChI is InChI=1S/C25H26N4O2S2/c1-3-4-6-14-29-24(31)20(33-25(29)32)15-19-22(26-16-18-11-9-17(2)10-12-18)27-21-8-5-7-13-28(21)23(19)30/h5,7-13,15,26H,3-4,6,14,16H2,1-2H3. The van der Waals surface area contributed by atoms with Gasteiger partial charge in [-0.05, 0) is 37.1 Å². The third-order valence-electron chi connectivity index (χ3n) is 5.48. The van der Waals surface area contributed by atoms with E-state index in [0.717, 1.165) is 24.8 Å². The fourth-order valence-electron chi connectivity index (χ4n) is 3.60. The Balaban J connectivity index is 1.69. The van der Waals surface area contributed by atoms with Gasteiger partial charge in [-0.15, -0.1) is 0 Å². The number of hydrogen-bond acceptors (Lipinski definition) is 6. The molecule has 1 N–H and O–H groups in total. The third kappa shape index (κ3) is 5.17. The molecule has 0 bridgehead atoms. The second-order valence-corrected chi connectivity index (χ2v) is 9.66. The van der Waals surface area contributed by atoms with Crippen LogP contribution in [0.4, 0.5) is 5.82 Å². The quantitative estimate of drug-likeness (QED) is 0.279. The molecule has 1 aliphatic heterocycles. The van der Waals surface area contributed by atoms with E-state index in [4.69, 9.17) is 12.2 Å². The van der Waals surface area contributed by atoms with Crippen molar-refractivity contribution in [3.8, 4) is 0 Å². The van der Waals surface area contributed by atoms with E-state index < -0.39 is 0 Å². The van der Waals surface area contributed by atoms with E-state index >= 15 is 0 Å². The van der Waals surface area contributed by atoms with Crippen molar-refractivity contribution in [3.05, 3.63) is 80.6 Å². The highest BCUT2D eigenvalue weighted by molar-refractivity contribution is 8.26. The minimum Gasteiger partial charge on any atom is -0.365 e. The molecule has 2 aromatic heterocycles. The first-order valence-corrected chi connectivity index (χ1v) is 12.3. The van der Waals surface area contributed by atoms with Gasteiger partial charge in [-0.25, -0.2) is 4.98 Å². The molecule has 33 heavy (non-hydrogen) atoms. The number of amides is 1. The van der Waals surface area contributed by atoms with E-state index in [1.165, 1.54) is 21.7 Å². The summed E-state index contributed by atoms with van der Waals surface area (Å²) >= 11 is 6.68. The lowest BCUT2D eigenvalue weighted by Crippen LogP contribution is -2.29. The van der Waals surface area contributed by atoms with Gasteiger partial charge in [0, 0.05) is 19.3 Å². The van der Waals surface area contributed by atoms with Gasteiger partial charge in [0.2, 0.25) is 0 Å². The first kappa shape index (κ1) is 23.2. The lowest BCUT2D eigenvalue weighted by atomic mass is 10.1. The van der Waals surface area contributed by atoms with Crippen LogP contribution in [0.15, 0.2) is 58.4 Å². The zero-order valence-electron chi connectivity index (χ0n) is 18.7. The van der Waals surface area contributed by atoms with Gasteiger partial charge in [0.15, 0.2) is 0 Å². The Morgan fingerprint density at radius 1 is 1.12 bits per heavy atom. The highest BCUT2D eigenvalue weighted by atomic mass is 32.2. The fraction of sp³-hybridized carbons (Fsp3) is 0.280. The lowest BCUT2D eigenvalue weighted by molar-refractivity contribution is -0.122. The molecule has 8 heteroatoms. The van der Waals surface area contributed by atoms with E-state index in [1.54, 1.807) is 29.3 Å². The summed E-state index contributed by atoms with van der Waals surface area (Å²) < 4.78 is 2.02. The number of carbonyl (C=O) groups excluding carboxylic acids is 1. The van der Waals surface area contributed by atoms with Gasteiger partial charge in [0.25, 0.3) is 11.5 Å². The number of carbonyl (C=O) groups is 1. The van der Waals surface area contributed by atoms with E-state index in [0.29, 0.717) is 39.3 Å². The second-order valence-electron chi connectivity index (χ2n) is 7.99. The zero-order valence-corrected chi connectivity index (χ0v) is 20.3. The summed E-state index contributed by atoms with van der Waals surface area (Å²) in [6.07, 6.45) is 6.33. The third-order valence-corrected chi connectivity index (χ3v) is 6.86. The molecule has 0 unspecified atom stereocenters. The van der Waals surface area contributed by atoms with Crippen LogP contribution in [-0.4, -0.2) is 31.1 Å². The van der Waals surface area contributed by atoms with Crippen LogP contribution in [0.1, 0.15) is 42.9 Å². The number of nitrogens with one attached hydrogen (secondary N) is 1. The van der Waals surface area contributed by atoms with Crippen LogP contribution in [0.25, 0.3) is 11.7 Å². The first-order valence-electron chi connectivity index (χ1n) is 11.0. The smallest absolute Gasteiger partial charge is 0.267 e. The molecule has 0 spiro atoms. The summed E-state index contributed by atoms with van der Waals surface area (Å²) in [4.78, 5) is 33.1. The molecule has 3 aromatic rings. The largest absolute Gasteiger partial charge is 0.365 e. The summed E-state index contributed by atoms with van der Waals surface area (Å²) in [6.45, 7) is 5.27. The molecular formula is C25H26N4O2S2. The summed E-state index contributed by atoms with van der Waals surface area (Å²) in [5.41, 5.74) is 2.91. The predicted molar refractivity (Wildman–Crippen MR) is 139 cm³/mol. The van der Waals surface area contributed by atoms with Crippen molar-refractivity contribution in [1.82, 2.24) is 14.3 Å². The number of aromatic nitrogens is 2. The maximum Gasteiger partial charge on any atom is 0.267 e. The Kier molecular flexibility index (Phi) is 7.25. The lowest BCUT2D eigenvalue weighted by Gasteiger charge is -2.13. The van der Waals surface area contributed by atoms with Crippen molar-refractivity contribution < 1.29 is 4.79 Å². The highest BCUT2D eigenvalue weighted by Crippen LogP contribution is 2.33. The molecule has 0 radical (unpaired) electrons. The number of thiocarbonyl (C=S) groups is 1. The second kappa shape index (κ2) is 10.3. The minimum absolute atomic E-state index is 0.150. The van der Waals surface area contributed by atoms with E-state index in [-0.39, 0.29) is 11.5 Å². The predicted octanol–water partition coefficient (Wildman–Crippen LogP) is 5.01. The number of unbranched alkanes of at least 4 members (excludes halogenated alkanes) is 2. The number of anilines is 1. The maximum atomic E-state index is 13.3. The zero-order chi connectivity index (χ0) is 23.4. The van der Waals surface area contributed by atoms with Gasteiger partial charge >= 0.3 is 0 Å². The molecule has 0 saturated carbocycles. The van der Waals surface area contributed by atoms with Crippen molar-refractivity contribution in [2.75, 3.05) is 11.9 Å². The topological polar surface area (TPSA) is 66.7 Å². The maximum absolute atomic E-state index is 13.3. The van der Waals surface area contributed by atoms with Crippen molar-refractivity contribution in [3.63, 3.8) is 0 Å². The van der Waals surface area contributed by atoms with Crippen LogP contribution in [0.3, 0.4) is 0 Å². The number of nitrogens with zero attached hydrogens (tertiary/aromatic N) is 3. The van der Waals surface area contributed by atoms with Crippen LogP contribution in [0.5, 0.6) is 0 Å². The number of thioether (sulfide) groups is 1. The van der Waals surface area contributed by atoms with E-state index in [2.05, 4.69) is 17.2 Å². The number of aryl methyl sites for hydroxylation is 1. The van der Waals surface area contributed by atoms with Crippen molar-refractivity contribution in [2.24, 2.45) is 0 Å². The van der Waals surface area contributed by atoms with Crippen LogP contribution in [0.2, 0.25) is 0 Å². The Morgan fingerprint density at radius 2 is 1.91 bits per heavy atom. The van der Waals surface area contributed by atoms with Crippen molar-refractivity contribution >= 4 is 51.7 Å². The summed E-state index contributed by atoms with van der Waals surface area (Å²) in [5, 5.41) is 3.30. The summed E-state index contributed by atoms with van der Waals surface area (Å²) in [6, 6.07) is 13.6.